The second-order valence-electron chi connectivity index (χ2n) is 4.03. The van der Waals surface area contributed by atoms with Gasteiger partial charge < -0.3 is 0 Å². The van der Waals surface area contributed by atoms with E-state index in [0.717, 1.165) is 22.6 Å². The molecule has 21 heavy (non-hydrogen) atoms. The van der Waals surface area contributed by atoms with E-state index in [1.165, 1.54) is 0 Å². The minimum atomic E-state index is -0.472. The second-order valence-corrected chi connectivity index (χ2v) is 7.32. The van der Waals surface area contributed by atoms with E-state index in [1.54, 1.807) is 6.20 Å². The van der Waals surface area contributed by atoms with Gasteiger partial charge in [-0.25, -0.2) is 4.98 Å². The van der Waals surface area contributed by atoms with E-state index in [-0.39, 0.29) is 0 Å². The second kappa shape index (κ2) is 8.94. The minimum Gasteiger partial charge on any atom is -0.255 e. The molecule has 110 valence electrons. The zero-order valence-corrected chi connectivity index (χ0v) is 14.7. The average molecular weight is 498 g/mol. The molecule has 2 nitrogen and oxygen atoms in total. The number of benzene rings is 1. The van der Waals surface area contributed by atoms with Crippen molar-refractivity contribution in [1.82, 2.24) is 9.97 Å². The summed E-state index contributed by atoms with van der Waals surface area (Å²) in [6, 6.07) is 22.0. The van der Waals surface area contributed by atoms with Crippen LogP contribution in [0.1, 0.15) is 0 Å². The first kappa shape index (κ1) is 16.2. The molecule has 3 aromatic rings. The minimum absolute atomic E-state index is 0.472. The number of hydrogen-bond acceptors (Lipinski definition) is 2. The summed E-state index contributed by atoms with van der Waals surface area (Å²) in [7, 11) is 9.75. The smallest absolute Gasteiger partial charge is 0.0893 e. The fraction of sp³-hybridized carbons (Fsp3) is 0. The topological polar surface area (TPSA) is 25.8 Å². The van der Waals surface area contributed by atoms with Crippen molar-refractivity contribution < 1.29 is 16.5 Å². The maximum atomic E-state index is 4.88. The molecular formula is C16H12Cl2N2Pt. The van der Waals surface area contributed by atoms with Crippen LogP contribution in [0.2, 0.25) is 0 Å². The molecule has 0 aliphatic heterocycles. The summed E-state index contributed by atoms with van der Waals surface area (Å²) >= 11 is -0.472. The van der Waals surface area contributed by atoms with E-state index in [9.17, 15) is 0 Å². The molecule has 0 aliphatic rings. The molecule has 0 unspecified atom stereocenters. The van der Waals surface area contributed by atoms with Gasteiger partial charge in [0.25, 0.3) is 0 Å². The van der Waals surface area contributed by atoms with Gasteiger partial charge in [-0.3, -0.25) is 4.98 Å². The molecule has 0 amide bonds. The Kier molecular flexibility index (Phi) is 6.88. The molecule has 2 heterocycles. The summed E-state index contributed by atoms with van der Waals surface area (Å²) < 4.78 is 0. The Hall–Kier alpha value is -1.21. The summed E-state index contributed by atoms with van der Waals surface area (Å²) in [6.07, 6.45) is 1.78. The summed E-state index contributed by atoms with van der Waals surface area (Å²) in [5, 5.41) is 0. The Morgan fingerprint density at radius 2 is 1.29 bits per heavy atom. The number of rotatable bonds is 2. The zero-order valence-electron chi connectivity index (χ0n) is 10.9. The number of halogens is 2. The maximum absolute atomic E-state index is 4.88. The van der Waals surface area contributed by atoms with E-state index in [4.69, 9.17) is 18.8 Å². The Morgan fingerprint density at radius 3 is 1.95 bits per heavy atom. The summed E-state index contributed by atoms with van der Waals surface area (Å²) in [5.41, 5.74) is 3.89. The van der Waals surface area contributed by atoms with Gasteiger partial charge in [0.2, 0.25) is 0 Å². The van der Waals surface area contributed by atoms with Crippen molar-refractivity contribution in [2.75, 3.05) is 0 Å². The van der Waals surface area contributed by atoms with Crippen LogP contribution in [0.3, 0.4) is 0 Å². The zero-order chi connectivity index (χ0) is 14.9. The maximum Gasteiger partial charge on any atom is 0.0893 e. The van der Waals surface area contributed by atoms with Crippen LogP contribution in [0.4, 0.5) is 0 Å². The third-order valence-corrected chi connectivity index (χ3v) is 2.75. The van der Waals surface area contributed by atoms with Crippen molar-refractivity contribution in [3.63, 3.8) is 0 Å². The van der Waals surface area contributed by atoms with Crippen molar-refractivity contribution in [3.05, 3.63) is 72.9 Å². The molecule has 0 N–H and O–H groups in total. The van der Waals surface area contributed by atoms with Crippen molar-refractivity contribution in [2.24, 2.45) is 0 Å². The molecule has 1 aromatic carbocycles. The molecule has 0 fully saturated rings. The van der Waals surface area contributed by atoms with Crippen LogP contribution in [0.15, 0.2) is 72.9 Å². The summed E-state index contributed by atoms with van der Waals surface area (Å²) in [5.74, 6) is 0. The first-order valence-electron chi connectivity index (χ1n) is 6.11. The molecule has 0 bridgehead atoms. The van der Waals surface area contributed by atoms with Gasteiger partial charge in [-0.2, -0.15) is 0 Å². The Bertz CT molecular complexity index is 609. The third kappa shape index (κ3) is 4.93. The van der Waals surface area contributed by atoms with E-state index < -0.39 is 16.5 Å². The van der Waals surface area contributed by atoms with Crippen LogP contribution >= 0.6 is 18.8 Å². The molecule has 5 heteroatoms. The standard InChI is InChI=1S/C16H12N2.2ClH.Pt/c1-2-7-13(8-3-1)14-10-6-11-16(18-14)15-9-4-5-12-17-15;;;/h1-12H;2*1H;/q;;;+2/p-2. The van der Waals surface area contributed by atoms with Crippen LogP contribution in [-0.4, -0.2) is 9.97 Å². The number of pyridine rings is 2. The predicted molar refractivity (Wildman–Crippen MR) is 84.6 cm³/mol. The van der Waals surface area contributed by atoms with E-state index >= 15 is 0 Å². The van der Waals surface area contributed by atoms with Gasteiger partial charge in [-0.1, -0.05) is 42.5 Å². The van der Waals surface area contributed by atoms with Crippen molar-refractivity contribution in [3.8, 4) is 22.6 Å². The van der Waals surface area contributed by atoms with Crippen LogP contribution in [0.25, 0.3) is 22.6 Å². The number of hydrogen-bond donors (Lipinski definition) is 0. The first-order valence-corrected chi connectivity index (χ1v) is 11.7. The third-order valence-electron chi connectivity index (χ3n) is 2.75. The van der Waals surface area contributed by atoms with Crippen LogP contribution in [0, 0.1) is 0 Å². The van der Waals surface area contributed by atoms with Crippen molar-refractivity contribution >= 4 is 18.8 Å². The molecule has 0 aliphatic carbocycles. The molecular weight excluding hydrogens is 486 g/mol. The van der Waals surface area contributed by atoms with E-state index in [0.29, 0.717) is 0 Å². The van der Waals surface area contributed by atoms with Gasteiger partial charge in [0.15, 0.2) is 0 Å². The fourth-order valence-electron chi connectivity index (χ4n) is 1.86. The molecule has 0 saturated heterocycles. The van der Waals surface area contributed by atoms with E-state index in [2.05, 4.69) is 22.1 Å². The van der Waals surface area contributed by atoms with E-state index in [1.807, 2.05) is 54.6 Å². The summed E-state index contributed by atoms with van der Waals surface area (Å²) in [6.45, 7) is 0. The Labute approximate surface area is 140 Å². The summed E-state index contributed by atoms with van der Waals surface area (Å²) in [4.78, 5) is 8.97. The van der Waals surface area contributed by atoms with Gasteiger partial charge in [0.1, 0.15) is 0 Å². The number of nitrogens with zero attached hydrogens (tertiary/aromatic N) is 2. The Morgan fingerprint density at radius 1 is 0.667 bits per heavy atom. The number of aromatic nitrogens is 2. The van der Waals surface area contributed by atoms with Gasteiger partial charge in [-0.15, -0.1) is 0 Å². The molecule has 0 spiro atoms. The molecule has 0 radical (unpaired) electrons. The Balaban J connectivity index is 0.000000497. The predicted octanol–water partition coefficient (Wildman–Crippen LogP) is 5.19. The molecule has 0 atom stereocenters. The molecule has 2 aromatic heterocycles. The van der Waals surface area contributed by atoms with Gasteiger partial charge in [0, 0.05) is 11.8 Å². The average Bonchev–Trinajstić information content (AvgIpc) is 2.57. The van der Waals surface area contributed by atoms with Crippen LogP contribution < -0.4 is 0 Å². The van der Waals surface area contributed by atoms with Gasteiger partial charge >= 0.3 is 35.3 Å². The van der Waals surface area contributed by atoms with Crippen molar-refractivity contribution in [2.45, 2.75) is 0 Å². The fourth-order valence-corrected chi connectivity index (χ4v) is 1.86. The van der Waals surface area contributed by atoms with Gasteiger partial charge in [-0.05, 0) is 24.3 Å². The van der Waals surface area contributed by atoms with Crippen molar-refractivity contribution in [1.29, 1.82) is 0 Å². The molecule has 0 saturated carbocycles. The SMILES string of the molecule is [Cl][Pt][Cl].c1ccc(-c2cccc(-c3ccccn3)n2)cc1. The van der Waals surface area contributed by atoms with Gasteiger partial charge in [0.05, 0.1) is 17.1 Å². The monoisotopic (exact) mass is 497 g/mol. The first-order chi connectivity index (χ1) is 10.3. The van der Waals surface area contributed by atoms with Crippen LogP contribution in [-0.2, 0) is 16.5 Å². The molecule has 3 rings (SSSR count). The van der Waals surface area contributed by atoms with Crippen LogP contribution in [0.5, 0.6) is 0 Å². The normalized spacial score (nSPS) is 9.81. The quantitative estimate of drug-likeness (QED) is 0.487. The largest absolute Gasteiger partial charge is 0.255 e.